The molecule has 1 aliphatic carbocycles. The zero-order valence-corrected chi connectivity index (χ0v) is 26.5. The Morgan fingerprint density at radius 2 is 1.82 bits per heavy atom. The second-order valence-corrected chi connectivity index (χ2v) is 12.8. The van der Waals surface area contributed by atoms with Crippen molar-refractivity contribution in [3.05, 3.63) is 112 Å². The number of carbonyl (C=O) groups excluding carboxylic acids is 3. The van der Waals surface area contributed by atoms with Crippen LogP contribution in [-0.4, -0.2) is 30.6 Å². The summed E-state index contributed by atoms with van der Waals surface area (Å²) in [4.78, 5) is 41.2. The predicted octanol–water partition coefficient (Wildman–Crippen LogP) is 6.89. The molecule has 3 aromatic carbocycles. The van der Waals surface area contributed by atoms with E-state index in [9.17, 15) is 19.6 Å². The number of benzene rings is 3. The van der Waals surface area contributed by atoms with Gasteiger partial charge in [0.05, 0.1) is 18.4 Å². The second-order valence-electron chi connectivity index (χ2n) is 10.6. The van der Waals surface area contributed by atoms with E-state index in [0.717, 1.165) is 29.7 Å². The first-order chi connectivity index (χ1) is 21.8. The molecule has 10 heteroatoms. The standard InChI is InChI=1S/C35H32N4O4S2/c1-22-11-16-28-29(20-36)35(45-31(28)17-22)39-32(40)21-44-27-10-6-9-25(19-27)37-34(42)30(18-23-12-14-26(43-2)15-13-23)38-33(41)24-7-4-3-5-8-24/h3-10,12-15,18-19,22H,11,16-17,21H2,1-2H3,(H,37,42)(H,38,41)(H,39,40)/b30-18+. The normalized spacial score (nSPS) is 14.1. The number of amides is 3. The molecule has 228 valence electrons. The summed E-state index contributed by atoms with van der Waals surface area (Å²) >= 11 is 2.83. The summed E-state index contributed by atoms with van der Waals surface area (Å²) in [5.41, 5.74) is 3.35. The lowest BCUT2D eigenvalue weighted by molar-refractivity contribution is -0.114. The number of methoxy groups -OCH3 is 1. The van der Waals surface area contributed by atoms with Crippen LogP contribution < -0.4 is 20.7 Å². The van der Waals surface area contributed by atoms with Crippen LogP contribution in [0.25, 0.3) is 6.08 Å². The number of carbonyl (C=O) groups is 3. The van der Waals surface area contributed by atoms with Crippen LogP contribution >= 0.6 is 23.1 Å². The van der Waals surface area contributed by atoms with Gasteiger partial charge in [-0.25, -0.2) is 0 Å². The van der Waals surface area contributed by atoms with Crippen molar-refractivity contribution < 1.29 is 19.1 Å². The molecule has 1 heterocycles. The minimum atomic E-state index is -0.505. The summed E-state index contributed by atoms with van der Waals surface area (Å²) < 4.78 is 5.22. The molecule has 0 saturated heterocycles. The van der Waals surface area contributed by atoms with Gasteiger partial charge in [0.25, 0.3) is 11.8 Å². The summed E-state index contributed by atoms with van der Waals surface area (Å²) in [6.07, 6.45) is 4.44. The van der Waals surface area contributed by atoms with Gasteiger partial charge in [-0.3, -0.25) is 14.4 Å². The smallest absolute Gasteiger partial charge is 0.272 e. The molecule has 0 saturated carbocycles. The van der Waals surface area contributed by atoms with Gasteiger partial charge in [-0.05, 0) is 84.8 Å². The van der Waals surface area contributed by atoms with Crippen molar-refractivity contribution in [1.82, 2.24) is 5.32 Å². The molecule has 1 unspecified atom stereocenters. The fourth-order valence-electron chi connectivity index (χ4n) is 4.94. The Balaban J connectivity index is 1.25. The first kappa shape index (κ1) is 31.6. The molecule has 8 nitrogen and oxygen atoms in total. The lowest BCUT2D eigenvalue weighted by Gasteiger charge is -2.17. The average molecular weight is 637 g/mol. The number of anilines is 2. The van der Waals surface area contributed by atoms with Gasteiger partial charge in [-0.2, -0.15) is 5.26 Å². The van der Waals surface area contributed by atoms with Crippen LogP contribution in [0.1, 0.15) is 45.3 Å². The van der Waals surface area contributed by atoms with Crippen molar-refractivity contribution in [2.75, 3.05) is 23.5 Å². The van der Waals surface area contributed by atoms with E-state index in [1.807, 2.05) is 12.1 Å². The number of ether oxygens (including phenoxy) is 1. The van der Waals surface area contributed by atoms with Crippen LogP contribution in [0, 0.1) is 17.2 Å². The zero-order valence-electron chi connectivity index (χ0n) is 24.9. The Bertz CT molecular complexity index is 1780. The largest absolute Gasteiger partial charge is 0.497 e. The molecular weight excluding hydrogens is 605 g/mol. The van der Waals surface area contributed by atoms with Crippen molar-refractivity contribution >= 4 is 57.6 Å². The van der Waals surface area contributed by atoms with E-state index >= 15 is 0 Å². The molecule has 0 fully saturated rings. The van der Waals surface area contributed by atoms with E-state index < -0.39 is 11.8 Å². The van der Waals surface area contributed by atoms with Crippen LogP contribution in [0.15, 0.2) is 89.5 Å². The maximum atomic E-state index is 13.4. The van der Waals surface area contributed by atoms with Crippen LogP contribution in [0.3, 0.4) is 0 Å². The number of thioether (sulfide) groups is 1. The highest BCUT2D eigenvalue weighted by Crippen LogP contribution is 2.39. The summed E-state index contributed by atoms with van der Waals surface area (Å²) in [5, 5.41) is 18.9. The van der Waals surface area contributed by atoms with Crippen LogP contribution in [-0.2, 0) is 22.4 Å². The topological polar surface area (TPSA) is 120 Å². The molecule has 5 rings (SSSR count). The van der Waals surface area contributed by atoms with E-state index in [1.54, 1.807) is 79.9 Å². The zero-order chi connectivity index (χ0) is 31.8. The lowest BCUT2D eigenvalue weighted by Crippen LogP contribution is -2.30. The number of hydrogen-bond acceptors (Lipinski definition) is 7. The van der Waals surface area contributed by atoms with Crippen molar-refractivity contribution in [2.45, 2.75) is 31.1 Å². The van der Waals surface area contributed by atoms with Crippen molar-refractivity contribution in [3.8, 4) is 11.8 Å². The third kappa shape index (κ3) is 8.20. The number of nitriles is 1. The quantitative estimate of drug-likeness (QED) is 0.129. The lowest BCUT2D eigenvalue weighted by atomic mass is 9.89. The Kier molecular flexibility index (Phi) is 10.3. The van der Waals surface area contributed by atoms with Crippen molar-refractivity contribution in [3.63, 3.8) is 0 Å². The summed E-state index contributed by atoms with van der Waals surface area (Å²) in [7, 11) is 1.57. The van der Waals surface area contributed by atoms with Gasteiger partial charge >= 0.3 is 0 Å². The van der Waals surface area contributed by atoms with Gasteiger partial charge in [0, 0.05) is 21.0 Å². The number of hydrogen-bond donors (Lipinski definition) is 3. The van der Waals surface area contributed by atoms with Gasteiger partial charge in [0.1, 0.15) is 22.5 Å². The molecule has 1 atom stereocenters. The van der Waals surface area contributed by atoms with Gasteiger partial charge in [-0.15, -0.1) is 23.1 Å². The van der Waals surface area contributed by atoms with Crippen molar-refractivity contribution in [1.29, 1.82) is 5.26 Å². The second kappa shape index (κ2) is 14.8. The van der Waals surface area contributed by atoms with Gasteiger partial charge in [0.2, 0.25) is 5.91 Å². The minimum absolute atomic E-state index is 0.0628. The Hall–Kier alpha value is -4.85. The monoisotopic (exact) mass is 636 g/mol. The molecule has 45 heavy (non-hydrogen) atoms. The van der Waals surface area contributed by atoms with Crippen LogP contribution in [0.2, 0.25) is 0 Å². The molecule has 0 spiro atoms. The molecule has 3 amide bonds. The third-order valence-electron chi connectivity index (χ3n) is 7.29. The first-order valence-corrected chi connectivity index (χ1v) is 16.2. The molecule has 0 bridgehead atoms. The number of fused-ring (bicyclic) bond motifs is 1. The summed E-state index contributed by atoms with van der Waals surface area (Å²) in [6, 6.07) is 25.2. The molecule has 3 N–H and O–H groups in total. The average Bonchev–Trinajstić information content (AvgIpc) is 3.39. The van der Waals surface area contributed by atoms with E-state index in [4.69, 9.17) is 4.74 Å². The molecule has 0 aliphatic heterocycles. The maximum absolute atomic E-state index is 13.4. The SMILES string of the molecule is COc1ccc(/C=C(/NC(=O)c2ccccc2)C(=O)Nc2cccc(SCC(=O)Nc3sc4c(c3C#N)CCC(C)C4)c2)cc1. The highest BCUT2D eigenvalue weighted by Gasteiger charge is 2.24. The Labute approximate surface area is 270 Å². The number of nitrogens with zero attached hydrogens (tertiary/aromatic N) is 1. The van der Waals surface area contributed by atoms with Crippen molar-refractivity contribution in [2.24, 2.45) is 5.92 Å². The maximum Gasteiger partial charge on any atom is 0.272 e. The number of nitrogens with one attached hydrogen (secondary N) is 3. The van der Waals surface area contributed by atoms with E-state index in [1.165, 1.54) is 28.0 Å². The summed E-state index contributed by atoms with van der Waals surface area (Å²) in [6.45, 7) is 2.21. The molecular formula is C35H32N4O4S2. The molecule has 1 aliphatic rings. The molecule has 0 radical (unpaired) electrons. The summed E-state index contributed by atoms with van der Waals surface area (Å²) in [5.74, 6) is 0.257. The minimum Gasteiger partial charge on any atom is -0.497 e. The highest BCUT2D eigenvalue weighted by atomic mass is 32.2. The van der Waals surface area contributed by atoms with E-state index in [-0.39, 0.29) is 17.4 Å². The van der Waals surface area contributed by atoms with E-state index in [2.05, 4.69) is 28.9 Å². The highest BCUT2D eigenvalue weighted by molar-refractivity contribution is 8.00. The Morgan fingerprint density at radius 3 is 2.56 bits per heavy atom. The van der Waals surface area contributed by atoms with E-state index in [0.29, 0.717) is 39.0 Å². The Morgan fingerprint density at radius 1 is 1.04 bits per heavy atom. The van der Waals surface area contributed by atoms with Crippen LogP contribution in [0.4, 0.5) is 10.7 Å². The fraction of sp³-hybridized carbons (Fsp3) is 0.200. The number of thiophene rings is 1. The van der Waals surface area contributed by atoms with Gasteiger partial charge < -0.3 is 20.7 Å². The number of rotatable bonds is 10. The first-order valence-electron chi connectivity index (χ1n) is 14.4. The van der Waals surface area contributed by atoms with Gasteiger partial charge in [0.15, 0.2) is 0 Å². The third-order valence-corrected chi connectivity index (χ3v) is 9.46. The van der Waals surface area contributed by atoms with Crippen LogP contribution in [0.5, 0.6) is 5.75 Å². The molecule has 1 aromatic heterocycles. The van der Waals surface area contributed by atoms with Gasteiger partial charge in [-0.1, -0.05) is 43.3 Å². The molecule has 4 aromatic rings. The predicted molar refractivity (Wildman–Crippen MR) is 180 cm³/mol. The fourth-order valence-corrected chi connectivity index (χ4v) is 7.07.